The molecule has 5 heteroatoms. The zero-order valence-electron chi connectivity index (χ0n) is 12.9. The molecule has 1 fully saturated rings. The van der Waals surface area contributed by atoms with Gasteiger partial charge in [0, 0.05) is 31.6 Å². The fraction of sp³-hybridized carbons (Fsp3) is 0.333. The van der Waals surface area contributed by atoms with Crippen molar-refractivity contribution < 1.29 is 9.13 Å². The number of benzene rings is 2. The number of halogens is 2. The molecule has 1 aliphatic heterocycles. The van der Waals surface area contributed by atoms with Crippen LogP contribution in [0.4, 0.5) is 4.39 Å². The molecule has 124 valence electrons. The van der Waals surface area contributed by atoms with Gasteiger partial charge in [-0.15, -0.1) is 12.4 Å². The average molecular weight is 337 g/mol. The molecule has 0 aromatic heterocycles. The summed E-state index contributed by atoms with van der Waals surface area (Å²) in [7, 11) is 0. The first-order chi connectivity index (χ1) is 10.7. The molecule has 0 aliphatic carbocycles. The molecule has 23 heavy (non-hydrogen) atoms. The van der Waals surface area contributed by atoms with Crippen molar-refractivity contribution in [1.29, 1.82) is 0 Å². The molecular formula is C18H22ClFN2O. The van der Waals surface area contributed by atoms with Crippen LogP contribution in [-0.2, 0) is 0 Å². The van der Waals surface area contributed by atoms with Crippen molar-refractivity contribution in [2.24, 2.45) is 5.73 Å². The lowest BCUT2D eigenvalue weighted by atomic mass is 9.95. The van der Waals surface area contributed by atoms with Gasteiger partial charge in [-0.3, -0.25) is 4.90 Å². The van der Waals surface area contributed by atoms with Crippen LogP contribution in [0.2, 0.25) is 0 Å². The second kappa shape index (κ2) is 8.29. The Balaban J connectivity index is 0.00000192. The van der Waals surface area contributed by atoms with E-state index in [1.807, 2.05) is 6.07 Å². The van der Waals surface area contributed by atoms with Gasteiger partial charge < -0.3 is 10.5 Å². The van der Waals surface area contributed by atoms with Crippen molar-refractivity contribution >= 4 is 12.4 Å². The lowest BCUT2D eigenvalue weighted by Gasteiger charge is -2.16. The van der Waals surface area contributed by atoms with Gasteiger partial charge in [-0.2, -0.15) is 0 Å². The van der Waals surface area contributed by atoms with Gasteiger partial charge in [0.25, 0.3) is 0 Å². The van der Waals surface area contributed by atoms with Gasteiger partial charge >= 0.3 is 0 Å². The van der Waals surface area contributed by atoms with Crippen molar-refractivity contribution in [1.82, 2.24) is 4.90 Å². The molecule has 2 aromatic carbocycles. The second-order valence-electron chi connectivity index (χ2n) is 5.74. The van der Waals surface area contributed by atoms with Crippen LogP contribution in [0.5, 0.6) is 5.75 Å². The van der Waals surface area contributed by atoms with Crippen LogP contribution in [0.25, 0.3) is 0 Å². The zero-order chi connectivity index (χ0) is 15.4. The molecule has 3 nitrogen and oxygen atoms in total. The fourth-order valence-corrected chi connectivity index (χ4v) is 2.97. The lowest BCUT2D eigenvalue weighted by molar-refractivity contribution is 0.235. The molecule has 0 unspecified atom stereocenters. The Labute approximate surface area is 142 Å². The van der Waals surface area contributed by atoms with E-state index in [2.05, 4.69) is 29.2 Å². The van der Waals surface area contributed by atoms with Crippen molar-refractivity contribution in [3.05, 3.63) is 66.0 Å². The Bertz CT molecular complexity index is 594. The van der Waals surface area contributed by atoms with Crippen LogP contribution < -0.4 is 10.5 Å². The van der Waals surface area contributed by atoms with E-state index >= 15 is 0 Å². The first-order valence-electron chi connectivity index (χ1n) is 7.63. The van der Waals surface area contributed by atoms with Gasteiger partial charge in [-0.05, 0) is 29.8 Å². The van der Waals surface area contributed by atoms with Crippen LogP contribution in [0.1, 0.15) is 11.5 Å². The summed E-state index contributed by atoms with van der Waals surface area (Å²) in [5, 5.41) is 0. The molecule has 1 aliphatic rings. The summed E-state index contributed by atoms with van der Waals surface area (Å²) in [4.78, 5) is 2.33. The number of likely N-dealkylation sites (tertiary alicyclic amines) is 1. The van der Waals surface area contributed by atoms with Gasteiger partial charge in [0.1, 0.15) is 18.2 Å². The van der Waals surface area contributed by atoms with E-state index in [-0.39, 0.29) is 24.3 Å². The van der Waals surface area contributed by atoms with Crippen LogP contribution in [0.3, 0.4) is 0 Å². The van der Waals surface area contributed by atoms with Crippen molar-refractivity contribution in [2.45, 2.75) is 12.0 Å². The first kappa shape index (κ1) is 17.7. The number of nitrogens with zero attached hydrogens (tertiary/aromatic N) is 1. The molecule has 2 aromatic rings. The van der Waals surface area contributed by atoms with E-state index in [9.17, 15) is 4.39 Å². The Morgan fingerprint density at radius 1 is 1.04 bits per heavy atom. The third-order valence-electron chi connectivity index (χ3n) is 4.16. The normalized spacial score (nSPS) is 21.0. The minimum atomic E-state index is -0.247. The van der Waals surface area contributed by atoms with E-state index in [1.54, 1.807) is 12.1 Å². The summed E-state index contributed by atoms with van der Waals surface area (Å²) in [5.74, 6) is 0.833. The van der Waals surface area contributed by atoms with E-state index in [0.29, 0.717) is 18.3 Å². The highest BCUT2D eigenvalue weighted by Crippen LogP contribution is 2.26. The summed E-state index contributed by atoms with van der Waals surface area (Å²) >= 11 is 0. The topological polar surface area (TPSA) is 38.5 Å². The standard InChI is InChI=1S/C18H21FN2O.ClH/c19-15-6-8-16(9-7-15)22-11-10-21-12-17(18(20)13-21)14-4-2-1-3-5-14;/h1-9,17-18H,10-13,20H2;1H/t17-,18+;/m0./s1. The molecule has 2 atom stereocenters. The molecular weight excluding hydrogens is 315 g/mol. The van der Waals surface area contributed by atoms with Crippen LogP contribution in [-0.4, -0.2) is 37.2 Å². The lowest BCUT2D eigenvalue weighted by Crippen LogP contribution is -2.30. The SMILES string of the molecule is Cl.N[C@@H]1CN(CCOc2ccc(F)cc2)C[C@H]1c1ccccc1. The predicted octanol–water partition coefficient (Wildman–Crippen LogP) is 3.05. The maximum absolute atomic E-state index is 12.8. The predicted molar refractivity (Wildman–Crippen MR) is 92.7 cm³/mol. The van der Waals surface area contributed by atoms with Crippen LogP contribution in [0, 0.1) is 5.82 Å². The minimum absolute atomic E-state index is 0. The molecule has 0 bridgehead atoms. The highest BCUT2D eigenvalue weighted by molar-refractivity contribution is 5.85. The molecule has 0 radical (unpaired) electrons. The highest BCUT2D eigenvalue weighted by Gasteiger charge is 2.30. The van der Waals surface area contributed by atoms with Crippen LogP contribution in [0.15, 0.2) is 54.6 Å². The Morgan fingerprint density at radius 2 is 1.74 bits per heavy atom. The molecule has 0 spiro atoms. The van der Waals surface area contributed by atoms with E-state index in [0.717, 1.165) is 19.6 Å². The van der Waals surface area contributed by atoms with Gasteiger partial charge in [0.05, 0.1) is 0 Å². The fourth-order valence-electron chi connectivity index (χ4n) is 2.97. The third-order valence-corrected chi connectivity index (χ3v) is 4.16. The Hall–Kier alpha value is -1.62. The largest absolute Gasteiger partial charge is 0.492 e. The second-order valence-corrected chi connectivity index (χ2v) is 5.74. The number of ether oxygens (including phenoxy) is 1. The highest BCUT2D eigenvalue weighted by atomic mass is 35.5. The van der Waals surface area contributed by atoms with E-state index in [4.69, 9.17) is 10.5 Å². The smallest absolute Gasteiger partial charge is 0.123 e. The molecule has 1 saturated heterocycles. The summed E-state index contributed by atoms with van der Waals surface area (Å²) < 4.78 is 18.5. The molecule has 0 saturated carbocycles. The van der Waals surface area contributed by atoms with Gasteiger partial charge in [-0.25, -0.2) is 4.39 Å². The Morgan fingerprint density at radius 3 is 2.43 bits per heavy atom. The van der Waals surface area contributed by atoms with Crippen molar-refractivity contribution in [2.75, 3.05) is 26.2 Å². The number of hydrogen-bond acceptors (Lipinski definition) is 3. The monoisotopic (exact) mass is 336 g/mol. The van der Waals surface area contributed by atoms with Crippen molar-refractivity contribution in [3.8, 4) is 5.75 Å². The molecule has 1 heterocycles. The minimum Gasteiger partial charge on any atom is -0.492 e. The molecule has 0 amide bonds. The Kier molecular flexibility index (Phi) is 6.39. The maximum atomic E-state index is 12.8. The average Bonchev–Trinajstić information content (AvgIpc) is 2.91. The van der Waals surface area contributed by atoms with E-state index < -0.39 is 0 Å². The number of rotatable bonds is 5. The van der Waals surface area contributed by atoms with Crippen molar-refractivity contribution in [3.63, 3.8) is 0 Å². The molecule has 2 N–H and O–H groups in total. The summed E-state index contributed by atoms with van der Waals surface area (Å²) in [6, 6.07) is 16.7. The summed E-state index contributed by atoms with van der Waals surface area (Å²) in [5.41, 5.74) is 7.58. The maximum Gasteiger partial charge on any atom is 0.123 e. The first-order valence-corrected chi connectivity index (χ1v) is 7.63. The van der Waals surface area contributed by atoms with E-state index in [1.165, 1.54) is 17.7 Å². The summed E-state index contributed by atoms with van der Waals surface area (Å²) in [6.45, 7) is 3.25. The van der Waals surface area contributed by atoms with Gasteiger partial charge in [-0.1, -0.05) is 30.3 Å². The molecule has 3 rings (SSSR count). The third kappa shape index (κ3) is 4.67. The van der Waals surface area contributed by atoms with Crippen LogP contribution >= 0.6 is 12.4 Å². The zero-order valence-corrected chi connectivity index (χ0v) is 13.7. The summed E-state index contributed by atoms with van der Waals surface area (Å²) in [6.07, 6.45) is 0. The van der Waals surface area contributed by atoms with Gasteiger partial charge in [0.2, 0.25) is 0 Å². The quantitative estimate of drug-likeness (QED) is 0.912. The number of nitrogens with two attached hydrogens (primary N) is 1. The number of hydrogen-bond donors (Lipinski definition) is 1. The van der Waals surface area contributed by atoms with Gasteiger partial charge in [0.15, 0.2) is 0 Å².